The lowest BCUT2D eigenvalue weighted by molar-refractivity contribution is -0.485. The van der Waals surface area contributed by atoms with Crippen LogP contribution in [0.1, 0.15) is 5.76 Å². The monoisotopic (exact) mass is 301 g/mol. The van der Waals surface area contributed by atoms with Crippen molar-refractivity contribution >= 4 is 11.6 Å². The first-order valence-corrected chi connectivity index (χ1v) is 6.76. The molecule has 1 aliphatic rings. The van der Waals surface area contributed by atoms with E-state index in [2.05, 4.69) is 15.3 Å². The fourth-order valence-electron chi connectivity index (χ4n) is 2.30. The molecule has 0 unspecified atom stereocenters. The number of hydrazone groups is 1. The summed E-state index contributed by atoms with van der Waals surface area (Å²) in [6, 6.07) is 13.1. The molecular formula is C14H15N5O3. The number of nitro groups is 1. The molecule has 2 heterocycles. The van der Waals surface area contributed by atoms with Gasteiger partial charge in [-0.2, -0.15) is 0 Å². The molecule has 1 aromatic heterocycles. The van der Waals surface area contributed by atoms with E-state index in [1.54, 1.807) is 11.2 Å². The van der Waals surface area contributed by atoms with Gasteiger partial charge in [0.05, 0.1) is 26.1 Å². The van der Waals surface area contributed by atoms with E-state index < -0.39 is 5.03 Å². The molecule has 0 bridgehead atoms. The molecule has 1 aliphatic heterocycles. The number of furan rings is 1. The molecule has 114 valence electrons. The molecule has 0 amide bonds. The lowest BCUT2D eigenvalue weighted by Crippen LogP contribution is -2.57. The fraction of sp³-hybridized carbons (Fsp3) is 0.214. The average Bonchev–Trinajstić information content (AvgIpc) is 3.02. The van der Waals surface area contributed by atoms with Crippen LogP contribution >= 0.6 is 0 Å². The van der Waals surface area contributed by atoms with Crippen LogP contribution in [0.3, 0.4) is 0 Å². The molecule has 0 saturated carbocycles. The Morgan fingerprint density at radius 1 is 1.27 bits per heavy atom. The minimum absolute atomic E-state index is 0.229. The number of guanidine groups is 1. The van der Waals surface area contributed by atoms with E-state index in [-0.39, 0.29) is 5.96 Å². The standard InChI is InChI=1S/C14H15N5O3/c20-19(21)16-14-15-10-17(9-13-7-4-8-22-13)11-18(14)12-5-2-1-3-6-12/h1-8H,9-11H2,(H,15,16). The molecule has 1 aromatic carbocycles. The predicted molar refractivity (Wildman–Crippen MR) is 80.5 cm³/mol. The summed E-state index contributed by atoms with van der Waals surface area (Å²) in [5.41, 5.74) is 0.833. The van der Waals surface area contributed by atoms with Crippen LogP contribution in [-0.4, -0.2) is 29.2 Å². The van der Waals surface area contributed by atoms with Crippen molar-refractivity contribution in [2.24, 2.45) is 5.10 Å². The van der Waals surface area contributed by atoms with Crippen molar-refractivity contribution in [2.75, 3.05) is 18.2 Å². The largest absolute Gasteiger partial charge is 0.468 e. The lowest BCUT2D eigenvalue weighted by atomic mass is 10.3. The molecule has 0 aliphatic carbocycles. The van der Waals surface area contributed by atoms with Crippen LogP contribution in [-0.2, 0) is 6.54 Å². The maximum atomic E-state index is 10.7. The number of benzene rings is 1. The second kappa shape index (κ2) is 6.27. The summed E-state index contributed by atoms with van der Waals surface area (Å²) in [6.45, 7) is 1.54. The highest BCUT2D eigenvalue weighted by atomic mass is 16.7. The van der Waals surface area contributed by atoms with Crippen LogP contribution in [0.5, 0.6) is 0 Å². The second-order valence-electron chi connectivity index (χ2n) is 4.81. The highest BCUT2D eigenvalue weighted by molar-refractivity contribution is 5.96. The number of rotatable bonds is 4. The molecule has 3 rings (SSSR count). The molecule has 0 atom stereocenters. The van der Waals surface area contributed by atoms with Gasteiger partial charge in [-0.15, -0.1) is 0 Å². The molecule has 8 nitrogen and oxygen atoms in total. The maximum absolute atomic E-state index is 10.7. The van der Waals surface area contributed by atoms with Crippen molar-refractivity contribution in [2.45, 2.75) is 6.54 Å². The van der Waals surface area contributed by atoms with Gasteiger partial charge >= 0.3 is 0 Å². The third-order valence-electron chi connectivity index (χ3n) is 3.26. The van der Waals surface area contributed by atoms with Gasteiger partial charge in [0, 0.05) is 5.69 Å². The van der Waals surface area contributed by atoms with Gasteiger partial charge in [0.1, 0.15) is 10.9 Å². The van der Waals surface area contributed by atoms with Crippen molar-refractivity contribution in [3.05, 3.63) is 64.6 Å². The fourth-order valence-corrected chi connectivity index (χ4v) is 2.30. The summed E-state index contributed by atoms with van der Waals surface area (Å²) in [4.78, 5) is 14.5. The third kappa shape index (κ3) is 3.23. The van der Waals surface area contributed by atoms with Crippen LogP contribution in [0.15, 0.2) is 58.2 Å². The number of nitrogens with zero attached hydrogens (tertiary/aromatic N) is 4. The van der Waals surface area contributed by atoms with E-state index >= 15 is 0 Å². The minimum Gasteiger partial charge on any atom is -0.468 e. The minimum atomic E-state index is -0.694. The highest BCUT2D eigenvalue weighted by Gasteiger charge is 2.26. The Morgan fingerprint density at radius 3 is 2.77 bits per heavy atom. The summed E-state index contributed by atoms with van der Waals surface area (Å²) in [5.74, 6) is 1.07. The topological polar surface area (TPSA) is 87.1 Å². The Bertz CT molecular complexity index is 656. The molecule has 0 spiro atoms. The summed E-state index contributed by atoms with van der Waals surface area (Å²) in [5, 5.41) is 16.4. The van der Waals surface area contributed by atoms with Crippen LogP contribution in [0, 0.1) is 10.1 Å². The highest BCUT2D eigenvalue weighted by Crippen LogP contribution is 2.17. The number of hydrogen-bond donors (Lipinski definition) is 1. The van der Waals surface area contributed by atoms with Crippen molar-refractivity contribution < 1.29 is 9.45 Å². The third-order valence-corrected chi connectivity index (χ3v) is 3.26. The quantitative estimate of drug-likeness (QED) is 0.682. The first-order chi connectivity index (χ1) is 10.7. The maximum Gasteiger partial charge on any atom is 0.277 e. The summed E-state index contributed by atoms with van der Waals surface area (Å²) < 4.78 is 5.34. The molecular weight excluding hydrogens is 286 g/mol. The van der Waals surface area contributed by atoms with E-state index in [9.17, 15) is 10.1 Å². The molecule has 2 aromatic rings. The van der Waals surface area contributed by atoms with E-state index in [4.69, 9.17) is 4.42 Å². The number of anilines is 1. The summed E-state index contributed by atoms with van der Waals surface area (Å²) in [6.07, 6.45) is 1.63. The zero-order chi connectivity index (χ0) is 15.4. The molecule has 8 heteroatoms. The zero-order valence-electron chi connectivity index (χ0n) is 11.8. The van der Waals surface area contributed by atoms with Crippen LogP contribution in [0.4, 0.5) is 5.69 Å². The van der Waals surface area contributed by atoms with E-state index in [0.29, 0.717) is 19.9 Å². The lowest BCUT2D eigenvalue weighted by Gasteiger charge is -2.36. The van der Waals surface area contributed by atoms with E-state index in [0.717, 1.165) is 11.4 Å². The van der Waals surface area contributed by atoms with Gasteiger partial charge in [-0.25, -0.2) is 10.1 Å². The number of hydrogen-bond acceptors (Lipinski definition) is 4. The first-order valence-electron chi connectivity index (χ1n) is 6.76. The predicted octanol–water partition coefficient (Wildman–Crippen LogP) is 1.65. The SMILES string of the molecule is O=[N+]([O-])/N=C1/NCN(Cc2ccco2)CN1c1ccccc1. The van der Waals surface area contributed by atoms with Crippen molar-refractivity contribution in [3.8, 4) is 0 Å². The number of para-hydroxylation sites is 1. The molecule has 22 heavy (non-hydrogen) atoms. The van der Waals surface area contributed by atoms with Gasteiger partial charge < -0.3 is 9.73 Å². The molecule has 0 radical (unpaired) electrons. The smallest absolute Gasteiger partial charge is 0.277 e. The first kappa shape index (κ1) is 14.1. The molecule has 1 saturated heterocycles. The van der Waals surface area contributed by atoms with Crippen molar-refractivity contribution in [1.29, 1.82) is 0 Å². The second-order valence-corrected chi connectivity index (χ2v) is 4.81. The normalized spacial score (nSPS) is 17.5. The molecule has 1 N–H and O–H groups in total. The van der Waals surface area contributed by atoms with Crippen LogP contribution in [0.25, 0.3) is 0 Å². The van der Waals surface area contributed by atoms with Gasteiger partial charge in [0.15, 0.2) is 5.03 Å². The van der Waals surface area contributed by atoms with E-state index in [1.807, 2.05) is 42.5 Å². The van der Waals surface area contributed by atoms with E-state index in [1.165, 1.54) is 0 Å². The Kier molecular flexibility index (Phi) is 4.01. The van der Waals surface area contributed by atoms with Gasteiger partial charge in [0.2, 0.25) is 0 Å². The Labute approximate surface area is 126 Å². The van der Waals surface area contributed by atoms with Crippen molar-refractivity contribution in [1.82, 2.24) is 10.2 Å². The van der Waals surface area contributed by atoms with Crippen molar-refractivity contribution in [3.63, 3.8) is 0 Å². The van der Waals surface area contributed by atoms with Gasteiger partial charge in [-0.05, 0) is 24.3 Å². The summed E-state index contributed by atoms with van der Waals surface area (Å²) in [7, 11) is 0. The van der Waals surface area contributed by atoms with Crippen LogP contribution < -0.4 is 10.2 Å². The Balaban J connectivity index is 1.81. The van der Waals surface area contributed by atoms with Crippen LogP contribution in [0.2, 0.25) is 0 Å². The molecule has 1 fully saturated rings. The number of nitrogens with one attached hydrogen (secondary N) is 1. The Hall–Kier alpha value is -2.87. The summed E-state index contributed by atoms with van der Waals surface area (Å²) >= 11 is 0. The van der Waals surface area contributed by atoms with Gasteiger partial charge in [-0.3, -0.25) is 9.80 Å². The van der Waals surface area contributed by atoms with Gasteiger partial charge in [-0.1, -0.05) is 18.2 Å². The average molecular weight is 301 g/mol. The zero-order valence-corrected chi connectivity index (χ0v) is 11.8. The Morgan fingerprint density at radius 2 is 2.09 bits per heavy atom. The van der Waals surface area contributed by atoms with Gasteiger partial charge in [0.25, 0.3) is 5.96 Å².